The number of benzene rings is 2. The van der Waals surface area contributed by atoms with Gasteiger partial charge in [0.15, 0.2) is 0 Å². The summed E-state index contributed by atoms with van der Waals surface area (Å²) in [5.74, 6) is -0.488. The zero-order chi connectivity index (χ0) is 18.4. The first-order valence-electron chi connectivity index (χ1n) is 7.59. The molecule has 0 saturated heterocycles. The lowest BCUT2D eigenvalue weighted by atomic mass is 10.1. The summed E-state index contributed by atoms with van der Waals surface area (Å²) in [5.41, 5.74) is 1.53. The number of carbonyl (C=O) groups is 2. The Morgan fingerprint density at radius 2 is 1.56 bits per heavy atom. The maximum Gasteiger partial charge on any atom is 0.243 e. The van der Waals surface area contributed by atoms with E-state index in [-0.39, 0.29) is 18.4 Å². The fourth-order valence-corrected chi connectivity index (χ4v) is 2.91. The van der Waals surface area contributed by atoms with Crippen molar-refractivity contribution in [2.45, 2.75) is 13.3 Å². The van der Waals surface area contributed by atoms with Crippen molar-refractivity contribution in [3.05, 3.63) is 63.1 Å². The van der Waals surface area contributed by atoms with Gasteiger partial charge in [0.05, 0.1) is 6.54 Å². The highest BCUT2D eigenvalue weighted by Crippen LogP contribution is 2.22. The number of nitrogens with zero attached hydrogens (tertiary/aromatic N) is 1. The second-order valence-corrected chi connectivity index (χ2v) is 6.83. The van der Waals surface area contributed by atoms with Crippen molar-refractivity contribution in [1.82, 2.24) is 4.90 Å². The van der Waals surface area contributed by atoms with Crippen LogP contribution in [0.25, 0.3) is 0 Å². The molecule has 0 aliphatic rings. The minimum atomic E-state index is -0.315. The third kappa shape index (κ3) is 6.58. The van der Waals surface area contributed by atoms with E-state index in [9.17, 15) is 9.59 Å². The van der Waals surface area contributed by atoms with E-state index in [1.165, 1.54) is 11.8 Å². The fraction of sp³-hybridized carbons (Fsp3) is 0.222. The van der Waals surface area contributed by atoms with Crippen LogP contribution < -0.4 is 5.32 Å². The predicted octanol–water partition coefficient (Wildman–Crippen LogP) is 4.68. The van der Waals surface area contributed by atoms with Crippen LogP contribution in [0, 0.1) is 0 Å². The molecule has 0 radical (unpaired) electrons. The Morgan fingerprint density at radius 1 is 0.960 bits per heavy atom. The highest BCUT2D eigenvalue weighted by atomic mass is 35.5. The Kier molecular flexibility index (Phi) is 7.12. The van der Waals surface area contributed by atoms with Crippen LogP contribution in [0.5, 0.6) is 0 Å². The lowest BCUT2D eigenvalue weighted by Gasteiger charge is -2.20. The normalized spacial score (nSPS) is 10.4. The Bertz CT molecular complexity index is 743. The number of nitrogens with one attached hydrogen (secondary N) is 1. The van der Waals surface area contributed by atoms with Crippen molar-refractivity contribution in [2.75, 3.05) is 18.4 Å². The number of halogens is 3. The lowest BCUT2D eigenvalue weighted by molar-refractivity contribution is -0.132. The van der Waals surface area contributed by atoms with Crippen LogP contribution in [0.3, 0.4) is 0 Å². The topological polar surface area (TPSA) is 49.4 Å². The molecule has 0 aliphatic heterocycles. The predicted molar refractivity (Wildman–Crippen MR) is 103 cm³/mol. The number of hydrogen-bond acceptors (Lipinski definition) is 2. The molecule has 2 amide bonds. The minimum Gasteiger partial charge on any atom is -0.333 e. The Hall–Kier alpha value is -1.75. The standard InChI is InChI=1S/C18H17Cl3N2O2/c1-12(24)23(7-6-13-2-4-14(19)5-3-13)11-18(25)22-17-9-15(20)8-16(21)10-17/h2-5,8-10H,6-7,11H2,1H3,(H,22,25). The molecule has 0 aliphatic carbocycles. The van der Waals surface area contributed by atoms with Crippen LogP contribution in [0.2, 0.25) is 15.1 Å². The van der Waals surface area contributed by atoms with Gasteiger partial charge in [-0.2, -0.15) is 0 Å². The molecule has 4 nitrogen and oxygen atoms in total. The van der Waals surface area contributed by atoms with Gasteiger partial charge in [-0.1, -0.05) is 46.9 Å². The van der Waals surface area contributed by atoms with Crippen molar-refractivity contribution < 1.29 is 9.59 Å². The average molecular weight is 400 g/mol. The molecule has 0 atom stereocenters. The van der Waals surface area contributed by atoms with E-state index in [1.807, 2.05) is 12.1 Å². The minimum absolute atomic E-state index is 0.0486. The van der Waals surface area contributed by atoms with E-state index in [0.29, 0.717) is 33.7 Å². The largest absolute Gasteiger partial charge is 0.333 e. The summed E-state index contributed by atoms with van der Waals surface area (Å²) in [5, 5.41) is 4.20. The molecule has 2 aromatic carbocycles. The number of amides is 2. The van der Waals surface area contributed by atoms with Gasteiger partial charge in [-0.25, -0.2) is 0 Å². The van der Waals surface area contributed by atoms with Gasteiger partial charge in [0, 0.05) is 34.2 Å². The number of carbonyl (C=O) groups excluding carboxylic acids is 2. The van der Waals surface area contributed by atoms with Gasteiger partial charge in [-0.05, 0) is 42.3 Å². The molecule has 0 heterocycles. The molecule has 0 bridgehead atoms. The third-order valence-corrected chi connectivity index (χ3v) is 4.20. The maximum atomic E-state index is 12.2. The highest BCUT2D eigenvalue weighted by Gasteiger charge is 2.14. The third-order valence-electron chi connectivity index (χ3n) is 3.51. The first-order valence-corrected chi connectivity index (χ1v) is 8.73. The molecule has 0 fully saturated rings. The van der Waals surface area contributed by atoms with E-state index in [2.05, 4.69) is 5.32 Å². The number of anilines is 1. The van der Waals surface area contributed by atoms with Gasteiger partial charge in [0.1, 0.15) is 0 Å². The molecule has 2 aromatic rings. The Balaban J connectivity index is 1.94. The van der Waals surface area contributed by atoms with Crippen molar-refractivity contribution in [2.24, 2.45) is 0 Å². The van der Waals surface area contributed by atoms with Crippen LogP contribution >= 0.6 is 34.8 Å². The molecule has 7 heteroatoms. The summed E-state index contributed by atoms with van der Waals surface area (Å²) < 4.78 is 0. The van der Waals surface area contributed by atoms with Gasteiger partial charge in [-0.15, -0.1) is 0 Å². The number of hydrogen-bond donors (Lipinski definition) is 1. The zero-order valence-corrected chi connectivity index (χ0v) is 15.8. The second-order valence-electron chi connectivity index (χ2n) is 5.52. The van der Waals surface area contributed by atoms with Crippen molar-refractivity contribution in [1.29, 1.82) is 0 Å². The molecule has 25 heavy (non-hydrogen) atoms. The van der Waals surface area contributed by atoms with Crippen molar-refractivity contribution in [3.63, 3.8) is 0 Å². The van der Waals surface area contributed by atoms with Gasteiger partial charge in [0.2, 0.25) is 11.8 Å². The summed E-state index contributed by atoms with van der Waals surface area (Å²) in [4.78, 5) is 25.5. The van der Waals surface area contributed by atoms with Gasteiger partial charge >= 0.3 is 0 Å². The van der Waals surface area contributed by atoms with Crippen LogP contribution in [-0.4, -0.2) is 29.8 Å². The first kappa shape index (κ1) is 19.6. The van der Waals surface area contributed by atoms with E-state index in [1.54, 1.807) is 30.3 Å². The molecular weight excluding hydrogens is 383 g/mol. The molecule has 0 aromatic heterocycles. The van der Waals surface area contributed by atoms with Crippen LogP contribution in [0.1, 0.15) is 12.5 Å². The fourth-order valence-electron chi connectivity index (χ4n) is 2.26. The summed E-state index contributed by atoms with van der Waals surface area (Å²) in [7, 11) is 0. The summed E-state index contributed by atoms with van der Waals surface area (Å²) in [6.45, 7) is 1.82. The summed E-state index contributed by atoms with van der Waals surface area (Å²) >= 11 is 17.7. The molecular formula is C18H17Cl3N2O2. The average Bonchev–Trinajstić information content (AvgIpc) is 2.51. The van der Waals surface area contributed by atoms with Gasteiger partial charge in [0.25, 0.3) is 0 Å². The van der Waals surface area contributed by atoms with Crippen molar-refractivity contribution in [3.8, 4) is 0 Å². The lowest BCUT2D eigenvalue weighted by Crippen LogP contribution is -2.38. The SMILES string of the molecule is CC(=O)N(CCc1ccc(Cl)cc1)CC(=O)Nc1cc(Cl)cc(Cl)c1. The smallest absolute Gasteiger partial charge is 0.243 e. The van der Waals surface area contributed by atoms with Gasteiger partial charge in [-0.3, -0.25) is 9.59 Å². The van der Waals surface area contributed by atoms with E-state index < -0.39 is 0 Å². The molecule has 2 rings (SSSR count). The molecule has 0 unspecified atom stereocenters. The van der Waals surface area contributed by atoms with Crippen LogP contribution in [-0.2, 0) is 16.0 Å². The quantitative estimate of drug-likeness (QED) is 0.767. The number of rotatable bonds is 6. The highest BCUT2D eigenvalue weighted by molar-refractivity contribution is 6.35. The molecule has 132 valence electrons. The van der Waals surface area contributed by atoms with Crippen LogP contribution in [0.4, 0.5) is 5.69 Å². The van der Waals surface area contributed by atoms with Crippen LogP contribution in [0.15, 0.2) is 42.5 Å². The second kappa shape index (κ2) is 9.09. The van der Waals surface area contributed by atoms with E-state index in [4.69, 9.17) is 34.8 Å². The monoisotopic (exact) mass is 398 g/mol. The Labute approximate surface area is 161 Å². The maximum absolute atomic E-state index is 12.2. The Morgan fingerprint density at radius 3 is 2.12 bits per heavy atom. The van der Waals surface area contributed by atoms with E-state index in [0.717, 1.165) is 5.56 Å². The summed E-state index contributed by atoms with van der Waals surface area (Å²) in [6.07, 6.45) is 0.632. The summed E-state index contributed by atoms with van der Waals surface area (Å²) in [6, 6.07) is 12.2. The zero-order valence-electron chi connectivity index (χ0n) is 13.6. The molecule has 0 saturated carbocycles. The van der Waals surface area contributed by atoms with Gasteiger partial charge < -0.3 is 10.2 Å². The van der Waals surface area contributed by atoms with Crippen molar-refractivity contribution >= 4 is 52.3 Å². The van der Waals surface area contributed by atoms with E-state index >= 15 is 0 Å². The molecule has 0 spiro atoms. The first-order chi connectivity index (χ1) is 11.8. The molecule has 1 N–H and O–H groups in total.